The van der Waals surface area contributed by atoms with E-state index in [4.69, 9.17) is 4.42 Å². The maximum absolute atomic E-state index is 13.0. The lowest BCUT2D eigenvalue weighted by atomic mass is 9.85. The monoisotopic (exact) mass is 356 g/mol. The molecule has 5 nitrogen and oxygen atoms in total. The van der Waals surface area contributed by atoms with E-state index < -0.39 is 0 Å². The van der Waals surface area contributed by atoms with Gasteiger partial charge in [0.1, 0.15) is 5.52 Å². The number of fused-ring (bicyclic) bond motifs is 6. The van der Waals surface area contributed by atoms with E-state index in [1.807, 2.05) is 42.5 Å². The molecule has 2 amide bonds. The van der Waals surface area contributed by atoms with Crippen LogP contribution in [0.15, 0.2) is 65.1 Å². The number of allylic oxidation sites excluding steroid dienone is 2. The Morgan fingerprint density at radius 2 is 1.67 bits per heavy atom. The highest BCUT2D eigenvalue weighted by molar-refractivity contribution is 6.23. The lowest BCUT2D eigenvalue weighted by Crippen LogP contribution is -2.32. The van der Waals surface area contributed by atoms with Gasteiger partial charge in [-0.3, -0.25) is 9.59 Å². The third kappa shape index (κ3) is 1.97. The number of oxazole rings is 1. The topological polar surface area (TPSA) is 63.4 Å². The molecular weight excluding hydrogens is 340 g/mol. The van der Waals surface area contributed by atoms with Crippen LogP contribution in [0, 0.1) is 23.7 Å². The Bertz CT molecular complexity index is 1080. The Balaban J connectivity index is 1.40. The van der Waals surface area contributed by atoms with Crippen LogP contribution in [-0.4, -0.2) is 16.8 Å². The number of anilines is 1. The molecule has 4 atom stereocenters. The summed E-state index contributed by atoms with van der Waals surface area (Å²) in [5.74, 6) is 0.372. The first kappa shape index (κ1) is 14.9. The largest absolute Gasteiger partial charge is 0.436 e. The first-order valence-electron chi connectivity index (χ1n) is 9.23. The van der Waals surface area contributed by atoms with Gasteiger partial charge in [0.25, 0.3) is 0 Å². The van der Waals surface area contributed by atoms with Crippen molar-refractivity contribution in [1.29, 1.82) is 0 Å². The SMILES string of the molecule is O=C1[C@@H]2[C@@H](C(=O)N1c1cccc(-c3nc4ccccc4o3)c1)[C@H]1C=C[C@@H]2C1. The lowest BCUT2D eigenvalue weighted by Gasteiger charge is -2.17. The predicted molar refractivity (Wildman–Crippen MR) is 99.7 cm³/mol. The van der Waals surface area contributed by atoms with E-state index in [0.29, 0.717) is 17.2 Å². The van der Waals surface area contributed by atoms with E-state index in [-0.39, 0.29) is 35.5 Å². The van der Waals surface area contributed by atoms with Crippen molar-refractivity contribution in [3.8, 4) is 11.5 Å². The Labute approximate surface area is 155 Å². The fourth-order valence-electron chi connectivity index (χ4n) is 4.93. The number of imide groups is 1. The summed E-state index contributed by atoms with van der Waals surface area (Å²) in [5.41, 5.74) is 2.84. The molecule has 3 aliphatic rings. The van der Waals surface area contributed by atoms with E-state index in [1.54, 1.807) is 6.07 Å². The normalized spacial score (nSPS) is 28.5. The van der Waals surface area contributed by atoms with Crippen molar-refractivity contribution in [2.75, 3.05) is 4.90 Å². The zero-order valence-electron chi connectivity index (χ0n) is 14.4. The molecule has 1 aromatic heterocycles. The average molecular weight is 356 g/mol. The van der Waals surface area contributed by atoms with Gasteiger partial charge in [-0.05, 0) is 48.6 Å². The molecule has 2 bridgehead atoms. The molecule has 5 heteroatoms. The lowest BCUT2D eigenvalue weighted by molar-refractivity contribution is -0.123. The number of hydrogen-bond acceptors (Lipinski definition) is 4. The number of rotatable bonds is 2. The summed E-state index contributed by atoms with van der Waals surface area (Å²) in [6.07, 6.45) is 5.15. The molecule has 2 fully saturated rings. The minimum Gasteiger partial charge on any atom is -0.436 e. The van der Waals surface area contributed by atoms with Crippen LogP contribution in [0.1, 0.15) is 6.42 Å². The zero-order chi connectivity index (χ0) is 18.1. The van der Waals surface area contributed by atoms with Gasteiger partial charge in [-0.1, -0.05) is 30.4 Å². The predicted octanol–water partition coefficient (Wildman–Crippen LogP) is 3.81. The van der Waals surface area contributed by atoms with Gasteiger partial charge in [0.05, 0.1) is 17.5 Å². The van der Waals surface area contributed by atoms with Crippen molar-refractivity contribution < 1.29 is 14.0 Å². The molecule has 0 spiro atoms. The fourth-order valence-corrected chi connectivity index (χ4v) is 4.93. The van der Waals surface area contributed by atoms with Crippen LogP contribution < -0.4 is 4.90 Å². The van der Waals surface area contributed by atoms with Crippen LogP contribution in [0.3, 0.4) is 0 Å². The molecule has 1 aliphatic heterocycles. The van der Waals surface area contributed by atoms with Crippen molar-refractivity contribution in [2.45, 2.75) is 6.42 Å². The van der Waals surface area contributed by atoms with E-state index in [1.165, 1.54) is 4.90 Å². The Hall–Kier alpha value is -3.21. The molecule has 1 saturated heterocycles. The summed E-state index contributed by atoms with van der Waals surface area (Å²) < 4.78 is 5.83. The second-order valence-electron chi connectivity index (χ2n) is 7.55. The molecular formula is C22H16N2O3. The highest BCUT2D eigenvalue weighted by Gasteiger charge is 2.59. The first-order valence-corrected chi connectivity index (χ1v) is 9.23. The molecule has 0 radical (unpaired) electrons. The second kappa shape index (κ2) is 5.16. The highest BCUT2D eigenvalue weighted by Crippen LogP contribution is 2.53. The molecule has 27 heavy (non-hydrogen) atoms. The molecule has 2 aliphatic carbocycles. The molecule has 2 heterocycles. The van der Waals surface area contributed by atoms with E-state index >= 15 is 0 Å². The van der Waals surface area contributed by atoms with Crippen LogP contribution in [0.2, 0.25) is 0 Å². The quantitative estimate of drug-likeness (QED) is 0.517. The molecule has 132 valence electrons. The van der Waals surface area contributed by atoms with Crippen LogP contribution in [0.4, 0.5) is 5.69 Å². The molecule has 6 rings (SSSR count). The number of carbonyl (C=O) groups is 2. The van der Waals surface area contributed by atoms with Crippen LogP contribution >= 0.6 is 0 Å². The second-order valence-corrected chi connectivity index (χ2v) is 7.55. The summed E-state index contributed by atoms with van der Waals surface area (Å²) in [7, 11) is 0. The van der Waals surface area contributed by atoms with Crippen molar-refractivity contribution >= 4 is 28.6 Å². The van der Waals surface area contributed by atoms with Gasteiger partial charge in [0, 0.05) is 5.56 Å². The maximum Gasteiger partial charge on any atom is 0.238 e. The molecule has 0 unspecified atom stereocenters. The van der Waals surface area contributed by atoms with Crippen molar-refractivity contribution in [3.05, 3.63) is 60.7 Å². The fraction of sp³-hybridized carbons (Fsp3) is 0.227. The molecule has 1 saturated carbocycles. The van der Waals surface area contributed by atoms with Gasteiger partial charge in [-0.2, -0.15) is 0 Å². The minimum atomic E-state index is -0.194. The van der Waals surface area contributed by atoms with Gasteiger partial charge in [0.2, 0.25) is 17.7 Å². The van der Waals surface area contributed by atoms with Gasteiger partial charge in [0.15, 0.2) is 5.58 Å². The van der Waals surface area contributed by atoms with Gasteiger partial charge >= 0.3 is 0 Å². The smallest absolute Gasteiger partial charge is 0.238 e. The van der Waals surface area contributed by atoms with E-state index in [9.17, 15) is 9.59 Å². The van der Waals surface area contributed by atoms with E-state index in [2.05, 4.69) is 17.1 Å². The minimum absolute atomic E-state index is 0.0726. The first-order chi connectivity index (χ1) is 13.2. The molecule has 0 N–H and O–H groups in total. The summed E-state index contributed by atoms with van der Waals surface area (Å²) in [4.78, 5) is 31.9. The third-order valence-corrected chi connectivity index (χ3v) is 6.12. The number of carbonyl (C=O) groups excluding carboxylic acids is 2. The van der Waals surface area contributed by atoms with Crippen LogP contribution in [0.5, 0.6) is 0 Å². The Morgan fingerprint density at radius 3 is 2.41 bits per heavy atom. The van der Waals surface area contributed by atoms with Crippen LogP contribution in [-0.2, 0) is 9.59 Å². The molecule has 3 aromatic rings. The number of para-hydroxylation sites is 2. The van der Waals surface area contributed by atoms with Crippen molar-refractivity contribution in [3.63, 3.8) is 0 Å². The van der Waals surface area contributed by atoms with Gasteiger partial charge in [-0.15, -0.1) is 0 Å². The van der Waals surface area contributed by atoms with Gasteiger partial charge < -0.3 is 4.42 Å². The summed E-state index contributed by atoms with van der Waals surface area (Å²) in [6, 6.07) is 14.9. The van der Waals surface area contributed by atoms with Crippen molar-refractivity contribution in [2.24, 2.45) is 23.7 Å². The van der Waals surface area contributed by atoms with Gasteiger partial charge in [-0.25, -0.2) is 9.88 Å². The Kier molecular flexibility index (Phi) is 2.85. The molecule has 2 aromatic carbocycles. The van der Waals surface area contributed by atoms with E-state index in [0.717, 1.165) is 17.5 Å². The summed E-state index contributed by atoms with van der Waals surface area (Å²) in [5, 5.41) is 0. The van der Waals surface area contributed by atoms with Crippen molar-refractivity contribution in [1.82, 2.24) is 4.98 Å². The standard InChI is InChI=1S/C22H16N2O3/c25-21-18-12-8-9-13(10-12)19(18)22(26)24(21)15-5-3-4-14(11-15)20-23-16-6-1-2-7-17(16)27-20/h1-9,11-13,18-19H,10H2/t12-,13+,18-,19-/m0/s1. The Morgan fingerprint density at radius 1 is 0.926 bits per heavy atom. The maximum atomic E-state index is 13.0. The summed E-state index contributed by atoms with van der Waals surface area (Å²) >= 11 is 0. The summed E-state index contributed by atoms with van der Waals surface area (Å²) in [6.45, 7) is 0. The number of benzene rings is 2. The number of hydrogen-bond donors (Lipinski definition) is 0. The van der Waals surface area contributed by atoms with Crippen LogP contribution in [0.25, 0.3) is 22.6 Å². The zero-order valence-corrected chi connectivity index (χ0v) is 14.4. The third-order valence-electron chi connectivity index (χ3n) is 6.12. The average Bonchev–Trinajstić information content (AvgIpc) is 3.44. The number of amides is 2. The highest BCUT2D eigenvalue weighted by atomic mass is 16.3. The number of nitrogens with zero attached hydrogens (tertiary/aromatic N) is 2. The number of aromatic nitrogens is 1.